The minimum atomic E-state index is -3.55. The highest BCUT2D eigenvalue weighted by Gasteiger charge is 2.41. The van der Waals surface area contributed by atoms with Crippen molar-refractivity contribution in [2.75, 3.05) is 27.7 Å². The van der Waals surface area contributed by atoms with Crippen LogP contribution >= 0.6 is 7.60 Å². The van der Waals surface area contributed by atoms with Crippen molar-refractivity contribution in [3.63, 3.8) is 0 Å². The zero-order chi connectivity index (χ0) is 26.3. The number of hydrogen-bond acceptors (Lipinski definition) is 2. The van der Waals surface area contributed by atoms with E-state index in [1.165, 1.54) is 116 Å². The summed E-state index contributed by atoms with van der Waals surface area (Å²) in [5.41, 5.74) is 0. The second kappa shape index (κ2) is 23.0. The number of hydrogen-bond donors (Lipinski definition) is 1. The van der Waals surface area contributed by atoms with Crippen molar-refractivity contribution in [1.82, 2.24) is 0 Å². The third-order valence-electron chi connectivity index (χ3n) is 7.07. The maximum Gasteiger partial charge on any atom is 0.385 e. The van der Waals surface area contributed by atoms with Gasteiger partial charge in [0.15, 0.2) is 5.78 Å². The normalized spacial score (nSPS) is 15.0. The van der Waals surface area contributed by atoms with Crippen molar-refractivity contribution in [3.8, 4) is 0 Å². The lowest BCUT2D eigenvalue weighted by Gasteiger charge is -2.35. The molecule has 0 aliphatic carbocycles. The molecule has 2 unspecified atom stereocenters. The van der Waals surface area contributed by atoms with Crippen LogP contribution in [0.1, 0.15) is 149 Å². The first kappa shape index (κ1) is 34.9. The monoisotopic (exact) mass is 516 g/mol. The van der Waals surface area contributed by atoms with E-state index in [9.17, 15) is 9.46 Å². The third kappa shape index (κ3) is 21.6. The highest BCUT2D eigenvalue weighted by Crippen LogP contribution is 2.51. The zero-order valence-electron chi connectivity index (χ0n) is 24.4. The molecule has 0 amide bonds. The summed E-state index contributed by atoms with van der Waals surface area (Å²) in [4.78, 5) is 10.3. The van der Waals surface area contributed by atoms with Crippen molar-refractivity contribution in [2.24, 2.45) is 0 Å². The molecule has 4 nitrogen and oxygen atoms in total. The molecule has 0 radical (unpaired) electrons. The zero-order valence-corrected chi connectivity index (χ0v) is 25.3. The van der Waals surface area contributed by atoms with Gasteiger partial charge in [0.05, 0.1) is 27.7 Å². The summed E-state index contributed by atoms with van der Waals surface area (Å²) in [6, 6.07) is 0. The molecule has 0 saturated carbocycles. The molecule has 0 bridgehead atoms. The molecular formula is C30H63NO3P+. The van der Waals surface area contributed by atoms with E-state index in [1.54, 1.807) is 0 Å². The van der Waals surface area contributed by atoms with Gasteiger partial charge in [0.2, 0.25) is 0 Å². The average molecular weight is 517 g/mol. The Morgan fingerprint density at radius 1 is 0.657 bits per heavy atom. The van der Waals surface area contributed by atoms with E-state index < -0.39 is 7.60 Å². The SMILES string of the molecule is CCCCCC/C=C\CCCCCCCCCCCCCCCCOP(=O)(O)C(CC)[N+](C)(C)C. The average Bonchev–Trinajstić information content (AvgIpc) is 2.78. The van der Waals surface area contributed by atoms with Crippen LogP contribution in [0.2, 0.25) is 0 Å². The van der Waals surface area contributed by atoms with Crippen LogP contribution in [0, 0.1) is 0 Å². The Labute approximate surface area is 220 Å². The molecule has 0 heterocycles. The Balaban J connectivity index is 3.37. The van der Waals surface area contributed by atoms with Crippen LogP contribution in [0.3, 0.4) is 0 Å². The van der Waals surface area contributed by atoms with E-state index >= 15 is 0 Å². The number of rotatable bonds is 26. The van der Waals surface area contributed by atoms with E-state index in [2.05, 4.69) is 19.1 Å². The highest BCUT2D eigenvalue weighted by atomic mass is 31.2. The number of nitrogens with zero attached hydrogens (tertiary/aromatic N) is 1. The van der Waals surface area contributed by atoms with E-state index in [1.807, 2.05) is 28.1 Å². The minimum absolute atomic E-state index is 0.348. The van der Waals surface area contributed by atoms with E-state index in [0.29, 0.717) is 17.5 Å². The molecule has 0 aromatic heterocycles. The van der Waals surface area contributed by atoms with Crippen LogP contribution in [-0.2, 0) is 9.09 Å². The largest absolute Gasteiger partial charge is 0.385 e. The van der Waals surface area contributed by atoms with E-state index in [0.717, 1.165) is 12.8 Å². The van der Waals surface area contributed by atoms with Crippen LogP contribution in [0.25, 0.3) is 0 Å². The van der Waals surface area contributed by atoms with Gasteiger partial charge in [-0.25, -0.2) is 0 Å². The molecule has 5 heteroatoms. The summed E-state index contributed by atoms with van der Waals surface area (Å²) < 4.78 is 18.4. The molecule has 1 N–H and O–H groups in total. The Morgan fingerprint density at radius 2 is 1.03 bits per heavy atom. The summed E-state index contributed by atoms with van der Waals surface area (Å²) in [6.07, 6.45) is 31.8. The molecule has 0 aliphatic heterocycles. The highest BCUT2D eigenvalue weighted by molar-refractivity contribution is 7.53. The van der Waals surface area contributed by atoms with Crippen LogP contribution in [-0.4, -0.2) is 42.9 Å². The Kier molecular flexibility index (Phi) is 22.9. The summed E-state index contributed by atoms with van der Waals surface area (Å²) in [6.45, 7) is 4.63. The van der Waals surface area contributed by atoms with Gasteiger partial charge in [0, 0.05) is 6.42 Å². The van der Waals surface area contributed by atoms with Gasteiger partial charge in [-0.2, -0.15) is 0 Å². The van der Waals surface area contributed by atoms with E-state index in [4.69, 9.17) is 4.52 Å². The quantitative estimate of drug-likeness (QED) is 0.0538. The van der Waals surface area contributed by atoms with Gasteiger partial charge in [-0.1, -0.05) is 122 Å². The van der Waals surface area contributed by atoms with Crippen LogP contribution in [0.4, 0.5) is 0 Å². The minimum Gasteiger partial charge on any atom is -0.320 e. The van der Waals surface area contributed by atoms with Gasteiger partial charge in [0.25, 0.3) is 0 Å². The smallest absolute Gasteiger partial charge is 0.320 e. The third-order valence-corrected chi connectivity index (χ3v) is 9.43. The fourth-order valence-electron chi connectivity index (χ4n) is 4.91. The predicted octanol–water partition coefficient (Wildman–Crippen LogP) is 10.0. The van der Waals surface area contributed by atoms with E-state index in [-0.39, 0.29) is 5.78 Å². The summed E-state index contributed by atoms with van der Waals surface area (Å²) in [5, 5.41) is 0. The molecule has 0 spiro atoms. The first-order chi connectivity index (χ1) is 16.8. The molecule has 0 fully saturated rings. The van der Waals surface area contributed by atoms with Gasteiger partial charge in [0.1, 0.15) is 0 Å². The summed E-state index contributed by atoms with van der Waals surface area (Å²) >= 11 is 0. The van der Waals surface area contributed by atoms with Crippen molar-refractivity contribution in [3.05, 3.63) is 12.2 Å². The lowest BCUT2D eigenvalue weighted by atomic mass is 10.0. The van der Waals surface area contributed by atoms with Crippen LogP contribution < -0.4 is 0 Å². The molecule has 0 aromatic rings. The fourth-order valence-corrected chi connectivity index (χ4v) is 6.81. The van der Waals surface area contributed by atoms with Gasteiger partial charge in [-0.3, -0.25) is 4.57 Å². The van der Waals surface area contributed by atoms with Gasteiger partial charge < -0.3 is 13.9 Å². The maximum atomic E-state index is 12.5. The molecular weight excluding hydrogens is 453 g/mol. The van der Waals surface area contributed by atoms with Gasteiger partial charge in [-0.15, -0.1) is 0 Å². The molecule has 210 valence electrons. The van der Waals surface area contributed by atoms with Crippen molar-refractivity contribution < 1.29 is 18.5 Å². The number of quaternary nitrogens is 1. The molecule has 0 saturated heterocycles. The predicted molar refractivity (Wildman–Crippen MR) is 155 cm³/mol. The lowest BCUT2D eigenvalue weighted by Crippen LogP contribution is -2.44. The summed E-state index contributed by atoms with van der Waals surface area (Å²) in [5.74, 6) is -0.348. The molecule has 35 heavy (non-hydrogen) atoms. The van der Waals surface area contributed by atoms with Gasteiger partial charge in [-0.05, 0) is 32.1 Å². The van der Waals surface area contributed by atoms with Crippen molar-refractivity contribution >= 4 is 7.60 Å². The van der Waals surface area contributed by atoms with Crippen LogP contribution in [0.5, 0.6) is 0 Å². The van der Waals surface area contributed by atoms with Gasteiger partial charge >= 0.3 is 7.60 Å². The number of allylic oxidation sites excluding steroid dienone is 2. The summed E-state index contributed by atoms with van der Waals surface area (Å²) in [7, 11) is 2.32. The lowest BCUT2D eigenvalue weighted by molar-refractivity contribution is -0.883. The van der Waals surface area contributed by atoms with Crippen molar-refractivity contribution in [2.45, 2.75) is 154 Å². The van der Waals surface area contributed by atoms with Crippen molar-refractivity contribution in [1.29, 1.82) is 0 Å². The second-order valence-electron chi connectivity index (χ2n) is 11.5. The standard InChI is InChI=1S/C30H62NO3P/c1-6-8-9-10-11-12-13-14-15-16-17-18-19-20-21-22-23-24-25-26-27-28-29-34-35(32,33)30(7-2)31(3,4)5/h12-13,30H,6-11,14-29H2,1-5H3/p+1/b13-12-. The van der Waals surface area contributed by atoms with Crippen LogP contribution in [0.15, 0.2) is 12.2 Å². The maximum absolute atomic E-state index is 12.5. The first-order valence-electron chi connectivity index (χ1n) is 15.2. The second-order valence-corrected chi connectivity index (χ2v) is 13.4. The Morgan fingerprint density at radius 3 is 1.40 bits per heavy atom. The Bertz CT molecular complexity index is 530. The molecule has 2 atom stereocenters. The first-order valence-corrected chi connectivity index (χ1v) is 16.8. The molecule has 0 rings (SSSR count). The topological polar surface area (TPSA) is 46.5 Å². The molecule has 0 aromatic carbocycles. The number of unbranched alkanes of at least 4 members (excludes halogenated alkanes) is 18. The fraction of sp³-hybridized carbons (Fsp3) is 0.933. The molecule has 0 aliphatic rings. The Hall–Kier alpha value is -0.150.